The molecular formula is C12H15N3O. The third-order valence-electron chi connectivity index (χ3n) is 2.65. The number of rotatable bonds is 4. The van der Waals surface area contributed by atoms with Gasteiger partial charge in [-0.15, -0.1) is 0 Å². The van der Waals surface area contributed by atoms with E-state index < -0.39 is 5.66 Å². The molecule has 0 fully saturated rings. The molecule has 1 aromatic carbocycles. The standard InChI is InChI=1S/C12H15N3O/c13-12(9-16,15-7-6-14-10-15)8-11-4-2-1-3-5-11/h1-7,10,16H,8-9,13H2/t12-/m0/s1. The van der Waals surface area contributed by atoms with E-state index in [0.29, 0.717) is 6.42 Å². The van der Waals surface area contributed by atoms with Crippen LogP contribution in [0, 0.1) is 0 Å². The lowest BCUT2D eigenvalue weighted by atomic mass is 10.0. The van der Waals surface area contributed by atoms with Crippen LogP contribution in [0.5, 0.6) is 0 Å². The second-order valence-electron chi connectivity index (χ2n) is 3.89. The number of imidazole rings is 1. The van der Waals surface area contributed by atoms with Crippen LogP contribution in [0.2, 0.25) is 0 Å². The van der Waals surface area contributed by atoms with Crippen LogP contribution in [-0.4, -0.2) is 21.3 Å². The summed E-state index contributed by atoms with van der Waals surface area (Å²) in [6.45, 7) is -0.127. The minimum absolute atomic E-state index is 0.127. The van der Waals surface area contributed by atoms with Crippen LogP contribution in [-0.2, 0) is 12.1 Å². The van der Waals surface area contributed by atoms with E-state index in [1.165, 1.54) is 0 Å². The molecule has 0 saturated carbocycles. The summed E-state index contributed by atoms with van der Waals surface area (Å²) in [4.78, 5) is 3.95. The maximum absolute atomic E-state index is 9.44. The first kappa shape index (κ1) is 10.9. The third-order valence-corrected chi connectivity index (χ3v) is 2.65. The number of benzene rings is 1. The van der Waals surface area contributed by atoms with Crippen molar-refractivity contribution < 1.29 is 5.11 Å². The van der Waals surface area contributed by atoms with Gasteiger partial charge in [0.15, 0.2) is 0 Å². The Labute approximate surface area is 94.4 Å². The van der Waals surface area contributed by atoms with Crippen molar-refractivity contribution in [2.24, 2.45) is 5.73 Å². The lowest BCUT2D eigenvalue weighted by molar-refractivity contribution is 0.136. The maximum atomic E-state index is 9.44. The molecule has 0 amide bonds. The van der Waals surface area contributed by atoms with Crippen LogP contribution in [0.3, 0.4) is 0 Å². The fraction of sp³-hybridized carbons (Fsp3) is 0.250. The average Bonchev–Trinajstić information content (AvgIpc) is 2.84. The zero-order valence-electron chi connectivity index (χ0n) is 8.95. The summed E-state index contributed by atoms with van der Waals surface area (Å²) in [7, 11) is 0. The molecule has 0 aliphatic heterocycles. The summed E-state index contributed by atoms with van der Waals surface area (Å²) in [6, 6.07) is 9.86. The van der Waals surface area contributed by atoms with E-state index in [-0.39, 0.29) is 6.61 Å². The second-order valence-corrected chi connectivity index (χ2v) is 3.89. The molecular weight excluding hydrogens is 202 g/mol. The zero-order chi connectivity index (χ0) is 11.4. The van der Waals surface area contributed by atoms with Crippen LogP contribution in [0.4, 0.5) is 0 Å². The number of hydrogen-bond donors (Lipinski definition) is 2. The number of aliphatic hydroxyl groups excluding tert-OH is 1. The molecule has 4 heteroatoms. The van der Waals surface area contributed by atoms with Crippen LogP contribution >= 0.6 is 0 Å². The van der Waals surface area contributed by atoms with E-state index in [1.54, 1.807) is 23.3 Å². The highest BCUT2D eigenvalue weighted by Crippen LogP contribution is 2.15. The molecule has 0 radical (unpaired) electrons. The quantitative estimate of drug-likeness (QED) is 0.793. The number of aromatic nitrogens is 2. The van der Waals surface area contributed by atoms with Gasteiger partial charge in [0.05, 0.1) is 12.9 Å². The number of nitrogens with zero attached hydrogens (tertiary/aromatic N) is 2. The van der Waals surface area contributed by atoms with Gasteiger partial charge in [-0.3, -0.25) is 0 Å². The Balaban J connectivity index is 2.23. The van der Waals surface area contributed by atoms with Gasteiger partial charge >= 0.3 is 0 Å². The van der Waals surface area contributed by atoms with Crippen LogP contribution in [0.1, 0.15) is 5.56 Å². The van der Waals surface area contributed by atoms with Gasteiger partial charge in [-0.25, -0.2) is 4.98 Å². The molecule has 0 aliphatic carbocycles. The van der Waals surface area contributed by atoms with Gasteiger partial charge in [0, 0.05) is 18.8 Å². The van der Waals surface area contributed by atoms with E-state index in [0.717, 1.165) is 5.56 Å². The number of hydrogen-bond acceptors (Lipinski definition) is 3. The van der Waals surface area contributed by atoms with Gasteiger partial charge in [0.1, 0.15) is 5.66 Å². The highest BCUT2D eigenvalue weighted by Gasteiger charge is 2.25. The minimum atomic E-state index is -0.822. The van der Waals surface area contributed by atoms with Crippen molar-refractivity contribution in [3.8, 4) is 0 Å². The largest absolute Gasteiger partial charge is 0.392 e. The zero-order valence-corrected chi connectivity index (χ0v) is 8.95. The van der Waals surface area contributed by atoms with Crippen LogP contribution in [0.15, 0.2) is 49.1 Å². The predicted molar refractivity (Wildman–Crippen MR) is 61.6 cm³/mol. The Bertz CT molecular complexity index is 427. The Kier molecular flexibility index (Phi) is 3.03. The number of nitrogens with two attached hydrogens (primary N) is 1. The molecule has 0 bridgehead atoms. The fourth-order valence-corrected chi connectivity index (χ4v) is 1.70. The van der Waals surface area contributed by atoms with E-state index in [9.17, 15) is 5.11 Å². The summed E-state index contributed by atoms with van der Waals surface area (Å²) in [5.74, 6) is 0. The van der Waals surface area contributed by atoms with Crippen LogP contribution in [0.25, 0.3) is 0 Å². The molecule has 0 spiro atoms. The molecule has 0 saturated heterocycles. The van der Waals surface area contributed by atoms with Gasteiger partial charge in [0.2, 0.25) is 0 Å². The smallest absolute Gasteiger partial charge is 0.121 e. The van der Waals surface area contributed by atoms with E-state index in [1.807, 2.05) is 30.3 Å². The summed E-state index contributed by atoms with van der Waals surface area (Å²) in [6.07, 6.45) is 5.61. The molecule has 4 nitrogen and oxygen atoms in total. The summed E-state index contributed by atoms with van der Waals surface area (Å²) in [5, 5.41) is 9.44. The van der Waals surface area contributed by atoms with Gasteiger partial charge in [-0.2, -0.15) is 0 Å². The fourth-order valence-electron chi connectivity index (χ4n) is 1.70. The molecule has 2 aromatic rings. The SMILES string of the molecule is N[C@@](CO)(Cc1ccccc1)n1ccnc1. The lowest BCUT2D eigenvalue weighted by Gasteiger charge is -2.28. The minimum Gasteiger partial charge on any atom is -0.392 e. The molecule has 0 aliphatic rings. The first-order valence-electron chi connectivity index (χ1n) is 5.17. The lowest BCUT2D eigenvalue weighted by Crippen LogP contribution is -2.47. The number of aliphatic hydroxyl groups is 1. The third kappa shape index (κ3) is 2.13. The first-order valence-corrected chi connectivity index (χ1v) is 5.17. The van der Waals surface area contributed by atoms with Crippen molar-refractivity contribution in [3.63, 3.8) is 0 Å². The van der Waals surface area contributed by atoms with Crippen molar-refractivity contribution in [1.29, 1.82) is 0 Å². The van der Waals surface area contributed by atoms with E-state index >= 15 is 0 Å². The van der Waals surface area contributed by atoms with Crippen LogP contribution < -0.4 is 5.73 Å². The molecule has 16 heavy (non-hydrogen) atoms. The molecule has 84 valence electrons. The molecule has 1 aromatic heterocycles. The highest BCUT2D eigenvalue weighted by molar-refractivity contribution is 5.17. The molecule has 1 atom stereocenters. The summed E-state index contributed by atoms with van der Waals surface area (Å²) >= 11 is 0. The molecule has 0 unspecified atom stereocenters. The first-order chi connectivity index (χ1) is 7.74. The molecule has 1 heterocycles. The van der Waals surface area contributed by atoms with E-state index in [2.05, 4.69) is 4.98 Å². The van der Waals surface area contributed by atoms with Crippen molar-refractivity contribution in [3.05, 3.63) is 54.6 Å². The van der Waals surface area contributed by atoms with Crippen molar-refractivity contribution in [1.82, 2.24) is 9.55 Å². The molecule has 3 N–H and O–H groups in total. The Morgan fingerprint density at radius 1 is 1.31 bits per heavy atom. The monoisotopic (exact) mass is 217 g/mol. The van der Waals surface area contributed by atoms with Crippen molar-refractivity contribution >= 4 is 0 Å². The maximum Gasteiger partial charge on any atom is 0.121 e. The molecule has 2 rings (SSSR count). The van der Waals surface area contributed by atoms with Crippen molar-refractivity contribution in [2.75, 3.05) is 6.61 Å². The van der Waals surface area contributed by atoms with Gasteiger partial charge in [-0.05, 0) is 5.56 Å². The van der Waals surface area contributed by atoms with Gasteiger partial charge in [-0.1, -0.05) is 30.3 Å². The highest BCUT2D eigenvalue weighted by atomic mass is 16.3. The van der Waals surface area contributed by atoms with Crippen molar-refractivity contribution in [2.45, 2.75) is 12.1 Å². The Morgan fingerprint density at radius 3 is 2.62 bits per heavy atom. The van der Waals surface area contributed by atoms with Gasteiger partial charge < -0.3 is 15.4 Å². The Morgan fingerprint density at radius 2 is 2.06 bits per heavy atom. The second kappa shape index (κ2) is 4.47. The summed E-state index contributed by atoms with van der Waals surface area (Å²) < 4.78 is 1.74. The topological polar surface area (TPSA) is 64.1 Å². The van der Waals surface area contributed by atoms with Gasteiger partial charge in [0.25, 0.3) is 0 Å². The van der Waals surface area contributed by atoms with E-state index in [4.69, 9.17) is 5.73 Å². The predicted octanol–water partition coefficient (Wildman–Crippen LogP) is 0.730. The average molecular weight is 217 g/mol. The normalized spacial score (nSPS) is 14.6. The Hall–Kier alpha value is -1.65. The summed E-state index contributed by atoms with van der Waals surface area (Å²) in [5.41, 5.74) is 6.44.